The van der Waals surface area contributed by atoms with Gasteiger partial charge in [-0.15, -0.1) is 17.7 Å². The van der Waals surface area contributed by atoms with Crippen molar-refractivity contribution in [2.24, 2.45) is 0 Å². The SMILES string of the molecule is CC(C)c1cc(-c2ccccc2)cc(C(C)C)c1-n1c(-c2cc(C(C)(C)C)cc(C(C)(C)C)c2O)nc2c(-c3[c-]c(-c4nc5ccccc5n4-c4ccc(C(C)(C)C)cc4-c4ccccc4)c(C#N)c(C(C)(C)C)c3)cccc21.[Pt]. The molecule has 0 bridgehead atoms. The maximum Gasteiger partial charge on any atom is 0.148 e. The number of rotatable bonds is 9. The number of fused-ring (bicyclic) bond motifs is 2. The van der Waals surface area contributed by atoms with Gasteiger partial charge in [-0.3, -0.25) is 9.55 Å². The first-order chi connectivity index (χ1) is 37.3. The minimum atomic E-state index is -0.468. The second kappa shape index (κ2) is 21.3. The Labute approximate surface area is 489 Å². The van der Waals surface area contributed by atoms with Crippen LogP contribution in [0, 0.1) is 17.4 Å². The van der Waals surface area contributed by atoms with Crippen molar-refractivity contribution in [1.82, 2.24) is 19.1 Å². The number of benzene rings is 8. The molecule has 0 radical (unpaired) electrons. The van der Waals surface area contributed by atoms with Crippen LogP contribution in [0.2, 0.25) is 0 Å². The molecule has 2 heterocycles. The average Bonchev–Trinajstić information content (AvgIpc) is 4.17. The Hall–Kier alpha value is -7.32. The number of aromatic hydroxyl groups is 1. The third-order valence-corrected chi connectivity index (χ3v) is 15.7. The molecule has 0 fully saturated rings. The van der Waals surface area contributed by atoms with E-state index in [1.165, 1.54) is 16.7 Å². The van der Waals surface area contributed by atoms with Crippen molar-refractivity contribution in [2.45, 2.75) is 144 Å². The standard InChI is InChI=1S/C73H76N5O.Pt/c1-44(2)53-36-48(46-26-19-17-20-27-46)37-54(45(3)4)66(53)78-64-33-25-30-52(65(64)76-69(78)57-41-51(71(8,9)10)42-60(67(57)79)73(14,15)16)49-38-56(58(43-74)59(39-49)72(11,12)13)68-75-61-31-23-24-32-63(61)77(68)62-35-34-50(70(5,6)7)40-55(62)47-28-21-18-22-29-47;/h17-37,39-42,44-45,79H,1-16H3;/q-1;. The van der Waals surface area contributed by atoms with Gasteiger partial charge in [0.05, 0.1) is 45.2 Å². The predicted octanol–water partition coefficient (Wildman–Crippen LogP) is 19.5. The Morgan fingerprint density at radius 2 is 1.06 bits per heavy atom. The zero-order valence-electron chi connectivity index (χ0n) is 49.6. The topological polar surface area (TPSA) is 79.7 Å². The van der Waals surface area contributed by atoms with Gasteiger partial charge in [0, 0.05) is 37.9 Å². The van der Waals surface area contributed by atoms with Gasteiger partial charge in [0.15, 0.2) is 0 Å². The zero-order chi connectivity index (χ0) is 56.7. The normalized spacial score (nSPS) is 12.4. The van der Waals surface area contributed by atoms with Crippen LogP contribution >= 0.6 is 0 Å². The quantitative estimate of drug-likeness (QED) is 0.146. The number of aromatic nitrogens is 4. The molecule has 410 valence electrons. The summed E-state index contributed by atoms with van der Waals surface area (Å²) in [7, 11) is 0. The Balaban J connectivity index is 0.00000774. The minimum Gasteiger partial charge on any atom is -0.507 e. The van der Waals surface area contributed by atoms with Crippen LogP contribution in [0.15, 0.2) is 152 Å². The van der Waals surface area contributed by atoms with Crippen LogP contribution in [0.1, 0.15) is 162 Å². The van der Waals surface area contributed by atoms with Gasteiger partial charge >= 0.3 is 0 Å². The van der Waals surface area contributed by atoms with Crippen molar-refractivity contribution in [3.63, 3.8) is 0 Å². The predicted molar refractivity (Wildman–Crippen MR) is 331 cm³/mol. The second-order valence-electron chi connectivity index (χ2n) is 26.4. The van der Waals surface area contributed by atoms with E-state index in [4.69, 9.17) is 9.97 Å². The molecule has 0 atom stereocenters. The van der Waals surface area contributed by atoms with Gasteiger partial charge in [0.25, 0.3) is 0 Å². The van der Waals surface area contributed by atoms with E-state index < -0.39 is 5.41 Å². The first kappa shape index (κ1) is 57.4. The number of hydrogen-bond acceptors (Lipinski definition) is 4. The summed E-state index contributed by atoms with van der Waals surface area (Å²) in [6.07, 6.45) is 0. The molecule has 0 amide bonds. The minimum absolute atomic E-state index is 0. The van der Waals surface area contributed by atoms with E-state index in [0.29, 0.717) is 28.3 Å². The first-order valence-electron chi connectivity index (χ1n) is 28.1. The summed E-state index contributed by atoms with van der Waals surface area (Å²) in [5.41, 5.74) is 18.6. The van der Waals surface area contributed by atoms with Crippen molar-refractivity contribution in [3.8, 4) is 79.3 Å². The van der Waals surface area contributed by atoms with Gasteiger partial charge in [-0.05, 0) is 127 Å². The Morgan fingerprint density at radius 3 is 1.64 bits per heavy atom. The van der Waals surface area contributed by atoms with Gasteiger partial charge in [-0.2, -0.15) is 0 Å². The molecule has 6 nitrogen and oxygen atoms in total. The third-order valence-electron chi connectivity index (χ3n) is 15.7. The number of nitrogens with zero attached hydrogens (tertiary/aromatic N) is 5. The van der Waals surface area contributed by atoms with Gasteiger partial charge in [-0.1, -0.05) is 225 Å². The van der Waals surface area contributed by atoms with Crippen molar-refractivity contribution in [3.05, 3.63) is 197 Å². The average molecular weight is 1230 g/mol. The van der Waals surface area contributed by atoms with Crippen molar-refractivity contribution in [1.29, 1.82) is 5.26 Å². The molecule has 0 spiro atoms. The maximum atomic E-state index is 12.9. The molecule has 7 heteroatoms. The van der Waals surface area contributed by atoms with Gasteiger partial charge in [0.1, 0.15) is 11.6 Å². The third kappa shape index (κ3) is 10.5. The molecule has 0 saturated carbocycles. The van der Waals surface area contributed by atoms with Crippen LogP contribution < -0.4 is 0 Å². The van der Waals surface area contributed by atoms with E-state index >= 15 is 0 Å². The molecule has 2 aromatic heterocycles. The second-order valence-corrected chi connectivity index (χ2v) is 26.4. The number of phenols is 1. The largest absolute Gasteiger partial charge is 0.507 e. The van der Waals surface area contributed by atoms with E-state index in [-0.39, 0.29) is 54.9 Å². The molecule has 0 aliphatic heterocycles. The number of phenolic OH excluding ortho intramolecular Hbond substituents is 1. The summed E-state index contributed by atoms with van der Waals surface area (Å²) in [5, 5.41) is 24.4. The summed E-state index contributed by atoms with van der Waals surface area (Å²) in [6.45, 7) is 35.5. The van der Waals surface area contributed by atoms with Gasteiger partial charge in [0.2, 0.25) is 0 Å². The monoisotopic (exact) mass is 1230 g/mol. The smallest absolute Gasteiger partial charge is 0.148 e. The number of nitriles is 1. The molecule has 10 aromatic rings. The van der Waals surface area contributed by atoms with E-state index in [1.807, 2.05) is 6.07 Å². The maximum absolute atomic E-state index is 12.9. The van der Waals surface area contributed by atoms with Crippen LogP contribution in [0.25, 0.3) is 89.6 Å². The molecule has 10 rings (SSSR count). The molecular weight excluding hydrogens is 1160 g/mol. The molecule has 1 N–H and O–H groups in total. The molecule has 0 aliphatic rings. The fourth-order valence-electron chi connectivity index (χ4n) is 11.2. The van der Waals surface area contributed by atoms with E-state index in [0.717, 1.165) is 83.5 Å². The Bertz CT molecular complexity index is 3980. The van der Waals surface area contributed by atoms with Crippen LogP contribution in [-0.2, 0) is 42.7 Å². The van der Waals surface area contributed by atoms with Crippen molar-refractivity contribution in [2.75, 3.05) is 0 Å². The van der Waals surface area contributed by atoms with Crippen molar-refractivity contribution < 1.29 is 26.2 Å². The summed E-state index contributed by atoms with van der Waals surface area (Å²) >= 11 is 0. The summed E-state index contributed by atoms with van der Waals surface area (Å²) in [6, 6.07) is 60.5. The molecule has 80 heavy (non-hydrogen) atoms. The summed E-state index contributed by atoms with van der Waals surface area (Å²) in [5.74, 6) is 1.76. The Kier molecular flexibility index (Phi) is 15.3. The fourth-order valence-corrected chi connectivity index (χ4v) is 11.2. The number of para-hydroxylation sites is 3. The van der Waals surface area contributed by atoms with Crippen LogP contribution in [0.4, 0.5) is 0 Å². The Morgan fingerprint density at radius 1 is 0.500 bits per heavy atom. The number of hydrogen-bond donors (Lipinski definition) is 1. The van der Waals surface area contributed by atoms with Crippen molar-refractivity contribution >= 4 is 22.1 Å². The molecule has 8 aromatic carbocycles. The van der Waals surface area contributed by atoms with Gasteiger partial charge < -0.3 is 9.67 Å². The molecule has 0 aliphatic carbocycles. The molecule has 0 unspecified atom stereocenters. The first-order valence-corrected chi connectivity index (χ1v) is 28.1. The van der Waals surface area contributed by atoms with Crippen LogP contribution in [-0.4, -0.2) is 24.2 Å². The van der Waals surface area contributed by atoms with Crippen LogP contribution in [0.5, 0.6) is 5.75 Å². The summed E-state index contributed by atoms with van der Waals surface area (Å²) < 4.78 is 4.57. The summed E-state index contributed by atoms with van der Waals surface area (Å²) in [4.78, 5) is 11.3. The molecule has 0 saturated heterocycles. The van der Waals surface area contributed by atoms with Gasteiger partial charge in [-0.25, -0.2) is 10.2 Å². The zero-order valence-corrected chi connectivity index (χ0v) is 51.9. The van der Waals surface area contributed by atoms with E-state index in [1.54, 1.807) is 0 Å². The fraction of sp³-hybridized carbons (Fsp3) is 0.301. The number of imidazole rings is 2. The van der Waals surface area contributed by atoms with E-state index in [9.17, 15) is 10.4 Å². The molecular formula is C73H76N5OPt-. The van der Waals surface area contributed by atoms with Crippen LogP contribution in [0.3, 0.4) is 0 Å². The van der Waals surface area contributed by atoms with E-state index in [2.05, 4.69) is 278 Å².